The van der Waals surface area contributed by atoms with E-state index >= 15 is 0 Å². The lowest BCUT2D eigenvalue weighted by Crippen LogP contribution is -1.76. The molecule has 0 aromatic heterocycles. The lowest BCUT2D eigenvalue weighted by Gasteiger charge is -2.00. The number of allylic oxidation sites excluding steroid dienone is 4. The van der Waals surface area contributed by atoms with Crippen LogP contribution in [0.2, 0.25) is 0 Å². The first-order chi connectivity index (χ1) is 11.8. The van der Waals surface area contributed by atoms with Gasteiger partial charge in [0.2, 0.25) is 0 Å². The standard InChI is InChI=1S/C24H20/c1-2-3-4-5-8-20-11-13-21(14-12-20)15-16-22-17-18-23-9-6-7-10-24(23)19-22/h2-19H,1H2/b4-3-,8-5-,16-15+. The maximum absolute atomic E-state index is 3.65. The Balaban J connectivity index is 1.72. The second-order valence-corrected chi connectivity index (χ2v) is 5.59. The fraction of sp³-hybridized carbons (Fsp3) is 0. The molecule has 3 rings (SSSR count). The second-order valence-electron chi connectivity index (χ2n) is 5.59. The molecule has 0 N–H and O–H groups in total. The van der Waals surface area contributed by atoms with Gasteiger partial charge in [0.25, 0.3) is 0 Å². The van der Waals surface area contributed by atoms with Crippen molar-refractivity contribution >= 4 is 29.0 Å². The van der Waals surface area contributed by atoms with Gasteiger partial charge in [-0.2, -0.15) is 0 Å². The average Bonchev–Trinajstić information content (AvgIpc) is 2.64. The molecule has 24 heavy (non-hydrogen) atoms. The summed E-state index contributed by atoms with van der Waals surface area (Å²) in [5.74, 6) is 0. The molecule has 0 unspecified atom stereocenters. The average molecular weight is 308 g/mol. The molecule has 0 amide bonds. The Morgan fingerprint density at radius 1 is 0.542 bits per heavy atom. The molecule has 0 saturated heterocycles. The highest BCUT2D eigenvalue weighted by molar-refractivity contribution is 5.86. The molecule has 0 saturated carbocycles. The maximum Gasteiger partial charge on any atom is -0.0178 e. The summed E-state index contributed by atoms with van der Waals surface area (Å²) in [6, 6.07) is 23.5. The van der Waals surface area contributed by atoms with Gasteiger partial charge in [0, 0.05) is 0 Å². The van der Waals surface area contributed by atoms with Gasteiger partial charge in [-0.05, 0) is 33.5 Å². The van der Waals surface area contributed by atoms with Crippen LogP contribution < -0.4 is 0 Å². The van der Waals surface area contributed by atoms with Gasteiger partial charge in [0.15, 0.2) is 0 Å². The SMILES string of the molecule is C=C/C=C\C=C/c1ccc(/C=C/c2ccc3ccccc3c2)cc1. The Kier molecular flexibility index (Phi) is 5.21. The third-order valence-corrected chi connectivity index (χ3v) is 3.83. The number of hydrogen-bond acceptors (Lipinski definition) is 0. The van der Waals surface area contributed by atoms with Gasteiger partial charge in [0.1, 0.15) is 0 Å². The summed E-state index contributed by atoms with van der Waals surface area (Å²) in [5, 5.41) is 2.55. The van der Waals surface area contributed by atoms with Crippen molar-refractivity contribution in [2.24, 2.45) is 0 Å². The van der Waals surface area contributed by atoms with Crippen LogP contribution in [0.1, 0.15) is 16.7 Å². The number of rotatable bonds is 5. The molecule has 0 bridgehead atoms. The molecule has 0 aliphatic rings. The van der Waals surface area contributed by atoms with Crippen molar-refractivity contribution in [1.29, 1.82) is 0 Å². The predicted molar refractivity (Wildman–Crippen MR) is 108 cm³/mol. The highest BCUT2D eigenvalue weighted by Crippen LogP contribution is 2.17. The van der Waals surface area contributed by atoms with Crippen LogP contribution in [0.3, 0.4) is 0 Å². The van der Waals surface area contributed by atoms with E-state index in [1.165, 1.54) is 27.5 Å². The van der Waals surface area contributed by atoms with Crippen molar-refractivity contribution in [2.75, 3.05) is 0 Å². The molecule has 0 atom stereocenters. The lowest BCUT2D eigenvalue weighted by atomic mass is 10.1. The first-order valence-electron chi connectivity index (χ1n) is 8.08. The van der Waals surface area contributed by atoms with E-state index in [9.17, 15) is 0 Å². The van der Waals surface area contributed by atoms with E-state index in [0.29, 0.717) is 0 Å². The second kappa shape index (κ2) is 7.94. The first kappa shape index (κ1) is 15.8. The molecule has 0 fully saturated rings. The van der Waals surface area contributed by atoms with Gasteiger partial charge in [-0.1, -0.05) is 110 Å². The van der Waals surface area contributed by atoms with Crippen LogP contribution in [0.15, 0.2) is 97.6 Å². The number of fused-ring (bicyclic) bond motifs is 1. The summed E-state index contributed by atoms with van der Waals surface area (Å²) in [6.45, 7) is 3.65. The minimum absolute atomic E-state index is 1.19. The molecule has 0 heteroatoms. The van der Waals surface area contributed by atoms with Crippen LogP contribution in [0.25, 0.3) is 29.0 Å². The molecule has 0 nitrogen and oxygen atoms in total. The van der Waals surface area contributed by atoms with Crippen LogP contribution in [0.5, 0.6) is 0 Å². The molecule has 0 aliphatic carbocycles. The zero-order chi connectivity index (χ0) is 16.6. The van der Waals surface area contributed by atoms with Gasteiger partial charge in [0.05, 0.1) is 0 Å². The van der Waals surface area contributed by atoms with Gasteiger partial charge in [-0.3, -0.25) is 0 Å². The Hall–Kier alpha value is -3.12. The first-order valence-corrected chi connectivity index (χ1v) is 8.08. The van der Waals surface area contributed by atoms with Crippen molar-refractivity contribution in [2.45, 2.75) is 0 Å². The molecule has 0 spiro atoms. The highest BCUT2D eigenvalue weighted by Gasteiger charge is 1.93. The highest BCUT2D eigenvalue weighted by atomic mass is 14.0. The van der Waals surface area contributed by atoms with Crippen LogP contribution in [-0.4, -0.2) is 0 Å². The van der Waals surface area contributed by atoms with E-state index in [0.717, 1.165) is 0 Å². The normalized spacial score (nSPS) is 11.8. The van der Waals surface area contributed by atoms with Crippen LogP contribution >= 0.6 is 0 Å². The Labute approximate surface area is 143 Å². The number of hydrogen-bond donors (Lipinski definition) is 0. The number of benzene rings is 3. The molecule has 3 aromatic carbocycles. The van der Waals surface area contributed by atoms with Gasteiger partial charge >= 0.3 is 0 Å². The molecular formula is C24H20. The fourth-order valence-corrected chi connectivity index (χ4v) is 2.53. The van der Waals surface area contributed by atoms with Crippen molar-refractivity contribution < 1.29 is 0 Å². The Morgan fingerprint density at radius 2 is 1.17 bits per heavy atom. The zero-order valence-electron chi connectivity index (χ0n) is 13.6. The minimum atomic E-state index is 1.19. The molecule has 0 radical (unpaired) electrons. The lowest BCUT2D eigenvalue weighted by molar-refractivity contribution is 1.62. The summed E-state index contributed by atoms with van der Waals surface area (Å²) in [7, 11) is 0. The van der Waals surface area contributed by atoms with Crippen molar-refractivity contribution in [3.05, 3.63) is 114 Å². The topological polar surface area (TPSA) is 0 Å². The summed E-state index contributed by atoms with van der Waals surface area (Å²) in [6.07, 6.45) is 14.1. The van der Waals surface area contributed by atoms with E-state index in [1.807, 2.05) is 18.2 Å². The van der Waals surface area contributed by atoms with Crippen molar-refractivity contribution in [3.63, 3.8) is 0 Å². The van der Waals surface area contributed by atoms with Crippen molar-refractivity contribution in [3.8, 4) is 0 Å². The predicted octanol–water partition coefficient (Wildman–Crippen LogP) is 6.77. The summed E-state index contributed by atoms with van der Waals surface area (Å²) >= 11 is 0. The maximum atomic E-state index is 3.65. The molecule has 116 valence electrons. The summed E-state index contributed by atoms with van der Waals surface area (Å²) < 4.78 is 0. The van der Waals surface area contributed by atoms with Crippen LogP contribution in [0, 0.1) is 0 Å². The third-order valence-electron chi connectivity index (χ3n) is 3.83. The van der Waals surface area contributed by atoms with E-state index < -0.39 is 0 Å². The summed E-state index contributed by atoms with van der Waals surface area (Å²) in [5.41, 5.74) is 3.60. The molecule has 3 aromatic rings. The van der Waals surface area contributed by atoms with Gasteiger partial charge in [-0.25, -0.2) is 0 Å². The monoisotopic (exact) mass is 308 g/mol. The smallest absolute Gasteiger partial charge is 0.0178 e. The summed E-state index contributed by atoms with van der Waals surface area (Å²) in [4.78, 5) is 0. The molecule has 0 aliphatic heterocycles. The van der Waals surface area contributed by atoms with Gasteiger partial charge in [-0.15, -0.1) is 0 Å². The third kappa shape index (κ3) is 4.21. The Bertz CT molecular complexity index is 906. The largest absolute Gasteiger partial charge is 0.0991 e. The molecule has 0 heterocycles. The zero-order valence-corrected chi connectivity index (χ0v) is 13.6. The van der Waals surface area contributed by atoms with E-state index in [1.54, 1.807) is 6.08 Å². The van der Waals surface area contributed by atoms with E-state index in [2.05, 4.69) is 91.5 Å². The fourth-order valence-electron chi connectivity index (χ4n) is 2.53. The van der Waals surface area contributed by atoms with E-state index in [-0.39, 0.29) is 0 Å². The van der Waals surface area contributed by atoms with E-state index in [4.69, 9.17) is 0 Å². The minimum Gasteiger partial charge on any atom is -0.0991 e. The quantitative estimate of drug-likeness (QED) is 0.360. The van der Waals surface area contributed by atoms with Gasteiger partial charge < -0.3 is 0 Å². The van der Waals surface area contributed by atoms with Crippen LogP contribution in [0.4, 0.5) is 0 Å². The molecular weight excluding hydrogens is 288 g/mol. The van der Waals surface area contributed by atoms with Crippen LogP contribution in [-0.2, 0) is 0 Å². The van der Waals surface area contributed by atoms with Crippen molar-refractivity contribution in [1.82, 2.24) is 0 Å². The Morgan fingerprint density at radius 3 is 1.92 bits per heavy atom.